The van der Waals surface area contributed by atoms with Crippen LogP contribution in [0.4, 0.5) is 22.4 Å². The number of hydrogen-bond donors (Lipinski definition) is 3. The van der Waals surface area contributed by atoms with Crippen molar-refractivity contribution in [2.75, 3.05) is 6.54 Å². The van der Waals surface area contributed by atoms with Crippen molar-refractivity contribution in [3.8, 4) is 11.3 Å². The van der Waals surface area contributed by atoms with Gasteiger partial charge in [-0.2, -0.15) is 13.2 Å². The van der Waals surface area contributed by atoms with E-state index in [1.165, 1.54) is 12.3 Å². The van der Waals surface area contributed by atoms with Gasteiger partial charge in [0.15, 0.2) is 11.5 Å². The largest absolute Gasteiger partial charge is 0.465 e. The number of amides is 1. The number of pyridine rings is 1. The van der Waals surface area contributed by atoms with Gasteiger partial charge >= 0.3 is 12.3 Å². The Labute approximate surface area is 122 Å². The summed E-state index contributed by atoms with van der Waals surface area (Å²) in [5.74, 6) is -0.856. The Balaban J connectivity index is 2.32. The number of halogens is 4. The van der Waals surface area contributed by atoms with E-state index >= 15 is 0 Å². The Kier molecular flexibility index (Phi) is 4.34. The second-order valence-corrected chi connectivity index (χ2v) is 4.38. The quantitative estimate of drug-likeness (QED) is 0.759. The zero-order valence-electron chi connectivity index (χ0n) is 11.0. The third kappa shape index (κ3) is 3.35. The van der Waals surface area contributed by atoms with Gasteiger partial charge < -0.3 is 15.4 Å². The Morgan fingerprint density at radius 2 is 2.14 bits per heavy atom. The molecule has 2 aromatic rings. The topological polar surface area (TPSA) is 78.0 Å². The number of aromatic amines is 1. The second kappa shape index (κ2) is 6.04. The fourth-order valence-electron chi connectivity index (χ4n) is 1.96. The summed E-state index contributed by atoms with van der Waals surface area (Å²) in [7, 11) is 0. The average molecular weight is 317 g/mol. The fraction of sp³-hybridized carbons (Fsp3) is 0.231. The molecule has 0 fully saturated rings. The fourth-order valence-corrected chi connectivity index (χ4v) is 1.96. The first-order valence-corrected chi connectivity index (χ1v) is 6.16. The van der Waals surface area contributed by atoms with Crippen LogP contribution in [0.1, 0.15) is 11.3 Å². The van der Waals surface area contributed by atoms with Gasteiger partial charge in [-0.15, -0.1) is 0 Å². The lowest BCUT2D eigenvalue weighted by Gasteiger charge is -2.10. The molecule has 0 aromatic carbocycles. The van der Waals surface area contributed by atoms with E-state index in [2.05, 4.69) is 9.97 Å². The van der Waals surface area contributed by atoms with Crippen LogP contribution in [0, 0.1) is 5.82 Å². The molecule has 0 bridgehead atoms. The van der Waals surface area contributed by atoms with Gasteiger partial charge in [-0.3, -0.25) is 4.98 Å². The van der Waals surface area contributed by atoms with Crippen LogP contribution >= 0.6 is 0 Å². The van der Waals surface area contributed by atoms with Crippen LogP contribution in [0.2, 0.25) is 0 Å². The maximum Gasteiger partial charge on any atom is 0.434 e. The minimum Gasteiger partial charge on any atom is -0.465 e. The predicted octanol–water partition coefficient (Wildman–Crippen LogP) is 3.04. The first kappa shape index (κ1) is 15.8. The van der Waals surface area contributed by atoms with Crippen molar-refractivity contribution in [2.45, 2.75) is 12.6 Å². The van der Waals surface area contributed by atoms with E-state index in [9.17, 15) is 22.4 Å². The predicted molar refractivity (Wildman–Crippen MR) is 68.7 cm³/mol. The van der Waals surface area contributed by atoms with Crippen molar-refractivity contribution in [2.24, 2.45) is 0 Å². The molecule has 3 N–H and O–H groups in total. The summed E-state index contributed by atoms with van der Waals surface area (Å²) in [4.78, 5) is 16.0. The normalized spacial score (nSPS) is 11.5. The van der Waals surface area contributed by atoms with Crippen LogP contribution in [0.25, 0.3) is 11.3 Å². The summed E-state index contributed by atoms with van der Waals surface area (Å²) >= 11 is 0. The molecule has 2 rings (SSSR count). The Morgan fingerprint density at radius 3 is 2.77 bits per heavy atom. The Morgan fingerprint density at radius 1 is 1.41 bits per heavy atom. The third-order valence-electron chi connectivity index (χ3n) is 2.91. The monoisotopic (exact) mass is 317 g/mol. The third-order valence-corrected chi connectivity index (χ3v) is 2.91. The molecule has 5 nitrogen and oxygen atoms in total. The number of alkyl halides is 3. The molecule has 118 valence electrons. The van der Waals surface area contributed by atoms with Gasteiger partial charge in [-0.1, -0.05) is 0 Å². The van der Waals surface area contributed by atoms with Gasteiger partial charge in [0.25, 0.3) is 0 Å². The van der Waals surface area contributed by atoms with Gasteiger partial charge in [0, 0.05) is 30.1 Å². The minimum atomic E-state index is -4.71. The van der Waals surface area contributed by atoms with E-state index in [1.54, 1.807) is 0 Å². The van der Waals surface area contributed by atoms with Crippen LogP contribution < -0.4 is 5.32 Å². The molecule has 1 amide bonds. The molecule has 0 spiro atoms. The van der Waals surface area contributed by atoms with Crippen molar-refractivity contribution < 1.29 is 27.5 Å². The van der Waals surface area contributed by atoms with E-state index in [0.29, 0.717) is 0 Å². The lowest BCUT2D eigenvalue weighted by Crippen LogP contribution is -2.23. The summed E-state index contributed by atoms with van der Waals surface area (Å²) in [6.07, 6.45) is -3.77. The molecule has 0 saturated carbocycles. The molecule has 0 aliphatic rings. The molecule has 0 saturated heterocycles. The van der Waals surface area contributed by atoms with Crippen molar-refractivity contribution >= 4 is 6.09 Å². The summed E-state index contributed by atoms with van der Waals surface area (Å²) in [6, 6.07) is 2.39. The molecule has 0 unspecified atom stereocenters. The van der Waals surface area contributed by atoms with Gasteiger partial charge in [0.05, 0.1) is 5.69 Å². The molecule has 0 radical (unpaired) electrons. The standard InChI is InChI=1S/C13H11F4N3O2/c14-9-7(3-5-19-12(21)22)6-20-10(9)8-2-1-4-18-11(8)13(15,16)17/h1-2,4,6,19-20H,3,5H2,(H,21,22). The average Bonchev–Trinajstić information content (AvgIpc) is 2.79. The van der Waals surface area contributed by atoms with Crippen LogP contribution in [-0.2, 0) is 12.6 Å². The second-order valence-electron chi connectivity index (χ2n) is 4.38. The number of carboxylic acid groups (broad SMARTS) is 1. The zero-order valence-corrected chi connectivity index (χ0v) is 11.0. The van der Waals surface area contributed by atoms with Crippen LogP contribution in [0.15, 0.2) is 24.5 Å². The highest BCUT2D eigenvalue weighted by molar-refractivity contribution is 5.65. The van der Waals surface area contributed by atoms with Crippen LogP contribution in [-0.4, -0.2) is 27.7 Å². The van der Waals surface area contributed by atoms with Crippen molar-refractivity contribution in [1.82, 2.24) is 15.3 Å². The molecular weight excluding hydrogens is 306 g/mol. The molecule has 0 atom stereocenters. The highest BCUT2D eigenvalue weighted by atomic mass is 19.4. The number of carbonyl (C=O) groups is 1. The van der Waals surface area contributed by atoms with E-state index in [-0.39, 0.29) is 24.2 Å². The summed E-state index contributed by atoms with van der Waals surface area (Å²) in [6.45, 7) is -0.0529. The lowest BCUT2D eigenvalue weighted by molar-refractivity contribution is -0.140. The first-order chi connectivity index (χ1) is 10.3. The van der Waals surface area contributed by atoms with Crippen molar-refractivity contribution in [3.63, 3.8) is 0 Å². The number of nitrogens with zero attached hydrogens (tertiary/aromatic N) is 1. The molecular formula is C13H11F4N3O2. The summed E-state index contributed by atoms with van der Waals surface area (Å²) in [5, 5.41) is 10.5. The van der Waals surface area contributed by atoms with Gasteiger partial charge in [-0.05, 0) is 18.6 Å². The SMILES string of the molecule is O=C(O)NCCc1c[nH]c(-c2cccnc2C(F)(F)F)c1F. The maximum absolute atomic E-state index is 14.2. The van der Waals surface area contributed by atoms with Gasteiger partial charge in [-0.25, -0.2) is 9.18 Å². The van der Waals surface area contributed by atoms with E-state index in [1.807, 2.05) is 5.32 Å². The molecule has 0 aliphatic carbocycles. The zero-order chi connectivity index (χ0) is 16.3. The molecule has 0 aliphatic heterocycles. The van der Waals surface area contributed by atoms with E-state index in [0.717, 1.165) is 12.3 Å². The molecule has 22 heavy (non-hydrogen) atoms. The number of aromatic nitrogens is 2. The number of rotatable bonds is 4. The summed E-state index contributed by atoms with van der Waals surface area (Å²) in [5.41, 5.74) is -1.83. The van der Waals surface area contributed by atoms with E-state index < -0.39 is 29.3 Å². The Hall–Kier alpha value is -2.58. The van der Waals surface area contributed by atoms with Gasteiger partial charge in [0.1, 0.15) is 0 Å². The van der Waals surface area contributed by atoms with Gasteiger partial charge in [0.2, 0.25) is 0 Å². The number of hydrogen-bond acceptors (Lipinski definition) is 2. The summed E-state index contributed by atoms with van der Waals surface area (Å²) < 4.78 is 52.9. The minimum absolute atomic E-state index is 0.0102. The van der Waals surface area contributed by atoms with Crippen LogP contribution in [0.3, 0.4) is 0 Å². The molecule has 2 heterocycles. The van der Waals surface area contributed by atoms with Crippen LogP contribution in [0.5, 0.6) is 0 Å². The number of nitrogens with one attached hydrogen (secondary N) is 2. The first-order valence-electron chi connectivity index (χ1n) is 6.16. The highest BCUT2D eigenvalue weighted by Gasteiger charge is 2.36. The van der Waals surface area contributed by atoms with Crippen molar-refractivity contribution in [3.05, 3.63) is 41.6 Å². The Bertz CT molecular complexity index is 682. The lowest BCUT2D eigenvalue weighted by atomic mass is 10.1. The maximum atomic E-state index is 14.2. The smallest absolute Gasteiger partial charge is 0.434 e. The van der Waals surface area contributed by atoms with E-state index in [4.69, 9.17) is 5.11 Å². The van der Waals surface area contributed by atoms with Crippen molar-refractivity contribution in [1.29, 1.82) is 0 Å². The number of H-pyrrole nitrogens is 1. The highest BCUT2D eigenvalue weighted by Crippen LogP contribution is 2.36. The molecule has 9 heteroatoms. The molecule has 2 aromatic heterocycles.